The Labute approximate surface area is 139 Å². The molecule has 0 saturated heterocycles. The molecule has 0 aromatic heterocycles. The van der Waals surface area contributed by atoms with E-state index in [-0.39, 0.29) is 29.3 Å². The lowest BCUT2D eigenvalue weighted by molar-refractivity contribution is -0.244. The van der Waals surface area contributed by atoms with Gasteiger partial charge in [-0.2, -0.15) is 0 Å². The predicted molar refractivity (Wildman–Crippen MR) is 89.7 cm³/mol. The largest absolute Gasteiger partial charge is 0.393 e. The summed E-state index contributed by atoms with van der Waals surface area (Å²) < 4.78 is 0. The van der Waals surface area contributed by atoms with E-state index in [1.165, 1.54) is 25.7 Å². The molecule has 3 saturated carbocycles. The summed E-state index contributed by atoms with van der Waals surface area (Å²) in [4.78, 5) is 0. The molecule has 0 radical (unpaired) electrons. The zero-order chi connectivity index (χ0) is 16.7. The van der Waals surface area contributed by atoms with Gasteiger partial charge in [0.15, 0.2) is 0 Å². The quantitative estimate of drug-likeness (QED) is 0.651. The number of fused-ring (bicyclic) bond motifs is 2. The fourth-order valence-corrected chi connectivity index (χ4v) is 7.62. The summed E-state index contributed by atoms with van der Waals surface area (Å²) in [6, 6.07) is 0. The Kier molecular flexibility index (Phi) is 3.23. The monoisotopic (exact) mass is 320 g/mol. The molecule has 3 N–H and O–H groups in total. The molecule has 130 valence electrons. The number of aliphatic hydroxyl groups excluding tert-OH is 2. The number of allylic oxidation sites excluding steroid dienone is 1. The van der Waals surface area contributed by atoms with Gasteiger partial charge >= 0.3 is 0 Å². The summed E-state index contributed by atoms with van der Waals surface area (Å²) in [6.07, 6.45) is 10.3. The zero-order valence-electron chi connectivity index (χ0n) is 14.8. The van der Waals surface area contributed by atoms with Gasteiger partial charge in [-0.1, -0.05) is 39.3 Å². The van der Waals surface area contributed by atoms with Crippen molar-refractivity contribution in [1.29, 1.82) is 0 Å². The van der Waals surface area contributed by atoms with E-state index in [4.69, 9.17) is 0 Å². The molecule has 0 aliphatic heterocycles. The molecule has 0 amide bonds. The average molecular weight is 320 g/mol. The third-order valence-electron chi connectivity index (χ3n) is 8.38. The highest BCUT2D eigenvalue weighted by Crippen LogP contribution is 2.70. The summed E-state index contributed by atoms with van der Waals surface area (Å²) in [5, 5.41) is 31.9. The minimum Gasteiger partial charge on any atom is -0.393 e. The van der Waals surface area contributed by atoms with Crippen LogP contribution in [-0.2, 0) is 0 Å². The van der Waals surface area contributed by atoms with Crippen molar-refractivity contribution in [3.05, 3.63) is 12.2 Å². The minimum atomic E-state index is -1.14. The maximum atomic E-state index is 11.2. The fraction of sp³-hybridized carbons (Fsp3) is 0.900. The van der Waals surface area contributed by atoms with Gasteiger partial charge in [-0.15, -0.1) is 0 Å². The lowest BCUT2D eigenvalue weighted by atomic mass is 9.36. The number of hydrogen-bond donors (Lipinski definition) is 3. The summed E-state index contributed by atoms with van der Waals surface area (Å²) in [5.74, 6) is 0.541. The highest BCUT2D eigenvalue weighted by Gasteiger charge is 2.68. The fourth-order valence-electron chi connectivity index (χ4n) is 7.62. The lowest BCUT2D eigenvalue weighted by Crippen LogP contribution is -2.69. The van der Waals surface area contributed by atoms with Crippen molar-refractivity contribution < 1.29 is 15.3 Å². The summed E-state index contributed by atoms with van der Waals surface area (Å²) in [6.45, 7) is 6.96. The first-order valence-corrected chi connectivity index (χ1v) is 9.39. The van der Waals surface area contributed by atoms with Gasteiger partial charge < -0.3 is 15.3 Å². The highest BCUT2D eigenvalue weighted by atomic mass is 16.3. The van der Waals surface area contributed by atoms with Gasteiger partial charge in [-0.3, -0.25) is 0 Å². The maximum Gasteiger partial charge on any atom is 0.0972 e. The first-order valence-electron chi connectivity index (χ1n) is 9.39. The van der Waals surface area contributed by atoms with Gasteiger partial charge in [0.1, 0.15) is 0 Å². The maximum absolute atomic E-state index is 11.2. The van der Waals surface area contributed by atoms with Crippen LogP contribution in [0.4, 0.5) is 0 Å². The van der Waals surface area contributed by atoms with Crippen LogP contribution in [0.25, 0.3) is 0 Å². The van der Waals surface area contributed by atoms with Crippen molar-refractivity contribution in [2.75, 3.05) is 6.61 Å². The van der Waals surface area contributed by atoms with Gasteiger partial charge in [0, 0.05) is 11.8 Å². The van der Waals surface area contributed by atoms with Gasteiger partial charge in [0.2, 0.25) is 0 Å². The highest BCUT2D eigenvalue weighted by molar-refractivity contribution is 5.28. The van der Waals surface area contributed by atoms with E-state index in [1.807, 2.05) is 6.08 Å². The lowest BCUT2D eigenvalue weighted by Gasteiger charge is -2.69. The number of rotatable bonds is 1. The smallest absolute Gasteiger partial charge is 0.0972 e. The molecule has 7 atom stereocenters. The average Bonchev–Trinajstić information content (AvgIpc) is 2.45. The topological polar surface area (TPSA) is 60.7 Å². The molecular formula is C20H32O3. The SMILES string of the molecule is CC1(C)CCCC2(C)C1CCC13C=CC(C(O)C12)C(O)(CO)C3. The van der Waals surface area contributed by atoms with Crippen LogP contribution >= 0.6 is 0 Å². The normalized spacial score (nSPS) is 57.0. The predicted octanol–water partition coefficient (Wildman–Crippen LogP) is 2.89. The molecule has 0 aromatic rings. The first kappa shape index (κ1) is 16.1. The van der Waals surface area contributed by atoms with E-state index in [9.17, 15) is 15.3 Å². The van der Waals surface area contributed by atoms with Crippen LogP contribution in [0.1, 0.15) is 59.3 Å². The minimum absolute atomic E-state index is 0.135. The van der Waals surface area contributed by atoms with Crippen molar-refractivity contribution in [3.8, 4) is 0 Å². The molecule has 0 aromatic carbocycles. The molecular weight excluding hydrogens is 288 g/mol. The van der Waals surface area contributed by atoms with Crippen molar-refractivity contribution in [1.82, 2.24) is 0 Å². The Balaban J connectivity index is 1.80. The van der Waals surface area contributed by atoms with E-state index in [0.717, 1.165) is 6.42 Å². The van der Waals surface area contributed by atoms with E-state index >= 15 is 0 Å². The summed E-state index contributed by atoms with van der Waals surface area (Å²) in [7, 11) is 0. The second kappa shape index (κ2) is 4.62. The van der Waals surface area contributed by atoms with E-state index in [0.29, 0.717) is 17.8 Å². The summed E-state index contributed by atoms with van der Waals surface area (Å²) in [5.41, 5.74) is -0.802. The molecule has 23 heavy (non-hydrogen) atoms. The Morgan fingerprint density at radius 3 is 2.57 bits per heavy atom. The van der Waals surface area contributed by atoms with Gasteiger partial charge in [0.25, 0.3) is 0 Å². The summed E-state index contributed by atoms with van der Waals surface area (Å²) >= 11 is 0. The molecule has 3 fully saturated rings. The molecule has 5 aliphatic carbocycles. The Hall–Kier alpha value is -0.380. The molecule has 7 unspecified atom stereocenters. The van der Waals surface area contributed by atoms with Crippen molar-refractivity contribution in [2.24, 2.45) is 34.0 Å². The molecule has 0 heterocycles. The van der Waals surface area contributed by atoms with Crippen LogP contribution in [0.5, 0.6) is 0 Å². The van der Waals surface area contributed by atoms with Gasteiger partial charge in [-0.05, 0) is 54.3 Å². The molecule has 3 nitrogen and oxygen atoms in total. The molecule has 2 bridgehead atoms. The Morgan fingerprint density at radius 1 is 1.13 bits per heavy atom. The Morgan fingerprint density at radius 2 is 1.87 bits per heavy atom. The van der Waals surface area contributed by atoms with Crippen LogP contribution in [0.15, 0.2) is 12.2 Å². The second-order valence-corrected chi connectivity index (χ2v) is 9.96. The third-order valence-corrected chi connectivity index (χ3v) is 8.38. The molecule has 3 heteroatoms. The van der Waals surface area contributed by atoms with Crippen LogP contribution in [0, 0.1) is 34.0 Å². The first-order chi connectivity index (χ1) is 10.7. The van der Waals surface area contributed by atoms with Crippen LogP contribution in [0.2, 0.25) is 0 Å². The Bertz CT molecular complexity index is 541. The van der Waals surface area contributed by atoms with E-state index in [2.05, 4.69) is 26.8 Å². The molecule has 1 spiro atoms. The van der Waals surface area contributed by atoms with Crippen molar-refractivity contribution >= 4 is 0 Å². The number of hydrogen-bond acceptors (Lipinski definition) is 3. The number of aliphatic hydroxyl groups is 3. The van der Waals surface area contributed by atoms with Crippen LogP contribution < -0.4 is 0 Å². The van der Waals surface area contributed by atoms with Crippen molar-refractivity contribution in [3.63, 3.8) is 0 Å². The van der Waals surface area contributed by atoms with E-state index < -0.39 is 11.7 Å². The van der Waals surface area contributed by atoms with Gasteiger partial charge in [-0.25, -0.2) is 0 Å². The molecule has 5 rings (SSSR count). The van der Waals surface area contributed by atoms with Gasteiger partial charge in [0.05, 0.1) is 18.3 Å². The third kappa shape index (κ3) is 1.88. The van der Waals surface area contributed by atoms with Crippen molar-refractivity contribution in [2.45, 2.75) is 71.0 Å². The van der Waals surface area contributed by atoms with Crippen LogP contribution in [-0.4, -0.2) is 33.6 Å². The molecule has 5 aliphatic rings. The zero-order valence-corrected chi connectivity index (χ0v) is 14.8. The van der Waals surface area contributed by atoms with E-state index in [1.54, 1.807) is 0 Å². The standard InChI is InChI=1S/C20H32O3/c1-17(2)7-4-8-18(3)14(17)6-10-19-9-5-13(15(22)16(18)19)20(23,11-19)12-21/h5,9,13-16,21-23H,4,6-8,10-12H2,1-3H3. The van der Waals surface area contributed by atoms with Crippen LogP contribution in [0.3, 0.4) is 0 Å². The second-order valence-electron chi connectivity index (χ2n) is 9.96.